The van der Waals surface area contributed by atoms with Crippen molar-refractivity contribution in [2.24, 2.45) is 5.73 Å². The normalized spacial score (nSPS) is 11.2. The van der Waals surface area contributed by atoms with E-state index in [2.05, 4.69) is 0 Å². The third-order valence-electron chi connectivity index (χ3n) is 2.10. The van der Waals surface area contributed by atoms with E-state index >= 15 is 0 Å². The second-order valence-electron chi connectivity index (χ2n) is 3.14. The van der Waals surface area contributed by atoms with Crippen molar-refractivity contribution < 1.29 is 13.2 Å². The summed E-state index contributed by atoms with van der Waals surface area (Å²) in [6.45, 7) is 1.25. The molecule has 2 nitrogen and oxygen atoms in total. The average molecular weight is 214 g/mol. The van der Waals surface area contributed by atoms with Gasteiger partial charge in [0.2, 0.25) is 0 Å². The molecule has 0 fully saturated rings. The minimum Gasteiger partial charge on any atom is -0.326 e. The van der Waals surface area contributed by atoms with Crippen LogP contribution in [0.5, 0.6) is 0 Å². The predicted molar refractivity (Wildman–Crippen MR) is 48.8 cm³/mol. The molecule has 0 atom stereocenters. The lowest BCUT2D eigenvalue weighted by Gasteiger charge is -2.12. The van der Waals surface area contributed by atoms with E-state index in [0.29, 0.717) is 0 Å². The Balaban J connectivity index is 3.41. The van der Waals surface area contributed by atoms with Crippen LogP contribution in [0.2, 0.25) is 0 Å². The minimum atomic E-state index is -4.40. The third-order valence-corrected chi connectivity index (χ3v) is 2.10. The molecule has 1 aromatic rings. The van der Waals surface area contributed by atoms with Crippen molar-refractivity contribution in [2.75, 3.05) is 0 Å². The summed E-state index contributed by atoms with van der Waals surface area (Å²) in [5.41, 5.74) is 4.99. The largest absolute Gasteiger partial charge is 0.416 e. The van der Waals surface area contributed by atoms with Crippen molar-refractivity contribution in [1.82, 2.24) is 0 Å². The van der Waals surface area contributed by atoms with E-state index in [1.54, 1.807) is 0 Å². The first kappa shape index (κ1) is 11.5. The zero-order chi connectivity index (χ0) is 11.6. The van der Waals surface area contributed by atoms with E-state index in [-0.39, 0.29) is 23.2 Å². The van der Waals surface area contributed by atoms with Crippen LogP contribution in [-0.2, 0) is 12.7 Å². The van der Waals surface area contributed by atoms with Crippen molar-refractivity contribution in [3.63, 3.8) is 0 Å². The molecule has 0 spiro atoms. The second kappa shape index (κ2) is 3.91. The van der Waals surface area contributed by atoms with Crippen LogP contribution in [-0.4, -0.2) is 0 Å². The van der Waals surface area contributed by atoms with Crippen LogP contribution < -0.4 is 5.73 Å². The lowest BCUT2D eigenvalue weighted by molar-refractivity contribution is -0.138. The molecule has 0 aliphatic carbocycles. The van der Waals surface area contributed by atoms with Gasteiger partial charge in [-0.3, -0.25) is 0 Å². The molecule has 0 unspecified atom stereocenters. The van der Waals surface area contributed by atoms with Crippen LogP contribution >= 0.6 is 0 Å². The summed E-state index contributed by atoms with van der Waals surface area (Å²) < 4.78 is 37.4. The molecule has 0 aromatic heterocycles. The number of nitrogens with zero attached hydrogens (tertiary/aromatic N) is 1. The summed E-state index contributed by atoms with van der Waals surface area (Å²) in [6, 6.07) is 3.97. The number of benzene rings is 1. The first-order valence-corrected chi connectivity index (χ1v) is 4.21. The monoisotopic (exact) mass is 214 g/mol. The van der Waals surface area contributed by atoms with Gasteiger partial charge in [-0.05, 0) is 30.2 Å². The van der Waals surface area contributed by atoms with Gasteiger partial charge in [0.05, 0.1) is 17.2 Å². The average Bonchev–Trinajstić information content (AvgIpc) is 2.15. The van der Waals surface area contributed by atoms with Crippen LogP contribution in [0.4, 0.5) is 13.2 Å². The number of alkyl halides is 3. The Morgan fingerprint density at radius 1 is 1.40 bits per heavy atom. The Kier molecular flexibility index (Phi) is 3.01. The highest BCUT2D eigenvalue weighted by atomic mass is 19.4. The van der Waals surface area contributed by atoms with Gasteiger partial charge in [-0.1, -0.05) is 0 Å². The number of rotatable bonds is 1. The second-order valence-corrected chi connectivity index (χ2v) is 3.14. The molecule has 0 radical (unpaired) electrons. The van der Waals surface area contributed by atoms with Gasteiger partial charge in [-0.15, -0.1) is 0 Å². The van der Waals surface area contributed by atoms with Gasteiger partial charge in [0, 0.05) is 6.54 Å². The molecule has 0 heterocycles. The fraction of sp³-hybridized carbons (Fsp3) is 0.300. The maximum absolute atomic E-state index is 12.5. The Morgan fingerprint density at radius 2 is 2.00 bits per heavy atom. The van der Waals surface area contributed by atoms with Gasteiger partial charge in [0.1, 0.15) is 0 Å². The lowest BCUT2D eigenvalue weighted by atomic mass is 9.99. The van der Waals surface area contributed by atoms with E-state index < -0.39 is 11.7 Å². The van der Waals surface area contributed by atoms with Gasteiger partial charge in [-0.25, -0.2) is 0 Å². The fourth-order valence-electron chi connectivity index (χ4n) is 1.33. The van der Waals surface area contributed by atoms with E-state index in [0.717, 1.165) is 6.07 Å². The van der Waals surface area contributed by atoms with Crippen LogP contribution in [0.25, 0.3) is 0 Å². The highest BCUT2D eigenvalue weighted by Crippen LogP contribution is 2.33. The Morgan fingerprint density at radius 3 is 2.40 bits per heavy atom. The highest BCUT2D eigenvalue weighted by molar-refractivity contribution is 5.45. The van der Waals surface area contributed by atoms with Crippen LogP contribution in [0.3, 0.4) is 0 Å². The molecule has 80 valence electrons. The van der Waals surface area contributed by atoms with Crippen molar-refractivity contribution in [3.8, 4) is 6.07 Å². The number of hydrogen-bond donors (Lipinski definition) is 1. The molecule has 15 heavy (non-hydrogen) atoms. The molecule has 0 aliphatic rings. The van der Waals surface area contributed by atoms with E-state index in [1.807, 2.05) is 6.07 Å². The van der Waals surface area contributed by atoms with Gasteiger partial charge in [0.25, 0.3) is 0 Å². The lowest BCUT2D eigenvalue weighted by Crippen LogP contribution is -2.10. The molecular weight excluding hydrogens is 205 g/mol. The number of nitrogens with two attached hydrogens (primary N) is 1. The first-order valence-electron chi connectivity index (χ1n) is 4.21. The smallest absolute Gasteiger partial charge is 0.326 e. The van der Waals surface area contributed by atoms with Crippen LogP contribution in [0, 0.1) is 18.3 Å². The quantitative estimate of drug-likeness (QED) is 0.780. The maximum Gasteiger partial charge on any atom is 0.416 e. The summed E-state index contributed by atoms with van der Waals surface area (Å²) in [5.74, 6) is 0. The highest BCUT2D eigenvalue weighted by Gasteiger charge is 2.32. The van der Waals surface area contributed by atoms with Gasteiger partial charge >= 0.3 is 6.18 Å². The number of aryl methyl sites for hydroxylation is 1. The molecule has 0 amide bonds. The topological polar surface area (TPSA) is 49.8 Å². The maximum atomic E-state index is 12.5. The molecule has 0 bridgehead atoms. The molecule has 5 heteroatoms. The summed E-state index contributed by atoms with van der Waals surface area (Å²) in [6.07, 6.45) is -4.40. The van der Waals surface area contributed by atoms with Gasteiger partial charge in [0.15, 0.2) is 0 Å². The minimum absolute atomic E-state index is 0.0382. The Hall–Kier alpha value is -1.54. The summed E-state index contributed by atoms with van der Waals surface area (Å²) in [7, 11) is 0. The number of nitriles is 1. The van der Waals surface area contributed by atoms with Crippen molar-refractivity contribution in [2.45, 2.75) is 19.6 Å². The number of halogens is 3. The molecule has 1 rings (SSSR count). The molecule has 2 N–H and O–H groups in total. The summed E-state index contributed by atoms with van der Waals surface area (Å²) in [4.78, 5) is 0. The number of hydrogen-bond acceptors (Lipinski definition) is 2. The van der Waals surface area contributed by atoms with Crippen molar-refractivity contribution >= 4 is 0 Å². The van der Waals surface area contributed by atoms with E-state index in [9.17, 15) is 13.2 Å². The Labute approximate surface area is 85.1 Å². The van der Waals surface area contributed by atoms with Crippen LogP contribution in [0.1, 0.15) is 22.3 Å². The summed E-state index contributed by atoms with van der Waals surface area (Å²) >= 11 is 0. The molecule has 0 aliphatic heterocycles. The fourth-order valence-corrected chi connectivity index (χ4v) is 1.33. The van der Waals surface area contributed by atoms with Gasteiger partial charge < -0.3 is 5.73 Å². The molecule has 1 aromatic carbocycles. The SMILES string of the molecule is Cc1cc(C#N)c(CN)cc1C(F)(F)F. The predicted octanol–water partition coefficient (Wildman–Crippen LogP) is 2.34. The molecular formula is C10H9F3N2. The van der Waals surface area contributed by atoms with Crippen molar-refractivity contribution in [3.05, 3.63) is 34.4 Å². The molecule has 0 saturated heterocycles. The first-order chi connectivity index (χ1) is 6.90. The van der Waals surface area contributed by atoms with E-state index in [4.69, 9.17) is 11.0 Å². The molecule has 0 saturated carbocycles. The van der Waals surface area contributed by atoms with Gasteiger partial charge in [-0.2, -0.15) is 18.4 Å². The van der Waals surface area contributed by atoms with Crippen molar-refractivity contribution in [1.29, 1.82) is 5.26 Å². The zero-order valence-corrected chi connectivity index (χ0v) is 8.02. The summed E-state index contributed by atoms with van der Waals surface area (Å²) in [5, 5.41) is 8.68. The standard InChI is InChI=1S/C10H9F3N2/c1-6-2-7(4-14)8(5-15)3-9(6)10(11,12)13/h2-3H,5,15H2,1H3. The Bertz CT molecular complexity index is 416. The van der Waals surface area contributed by atoms with Crippen LogP contribution in [0.15, 0.2) is 12.1 Å². The van der Waals surface area contributed by atoms with E-state index in [1.165, 1.54) is 13.0 Å². The third kappa shape index (κ3) is 2.28. The zero-order valence-electron chi connectivity index (χ0n) is 8.02.